The summed E-state index contributed by atoms with van der Waals surface area (Å²) < 4.78 is 2.26. The van der Waals surface area contributed by atoms with Gasteiger partial charge in [0.2, 0.25) is 0 Å². The minimum atomic E-state index is 0.577. The molecule has 3 heteroatoms. The van der Waals surface area contributed by atoms with Crippen molar-refractivity contribution in [2.75, 3.05) is 5.88 Å². The van der Waals surface area contributed by atoms with Gasteiger partial charge in [-0.25, -0.2) is 4.98 Å². The highest BCUT2D eigenvalue weighted by molar-refractivity contribution is 6.18. The lowest BCUT2D eigenvalue weighted by Crippen LogP contribution is -2.04. The summed E-state index contributed by atoms with van der Waals surface area (Å²) in [7, 11) is 0. The van der Waals surface area contributed by atoms with Gasteiger partial charge < -0.3 is 0 Å². The number of rotatable bonds is 3. The van der Waals surface area contributed by atoms with Crippen molar-refractivity contribution in [2.24, 2.45) is 0 Å². The molecule has 21 heavy (non-hydrogen) atoms. The lowest BCUT2D eigenvalue weighted by atomic mass is 10.1. The topological polar surface area (TPSA) is 17.8 Å². The third-order valence-electron chi connectivity index (χ3n) is 3.88. The normalized spacial score (nSPS) is 11.2. The zero-order valence-corrected chi connectivity index (χ0v) is 13.4. The smallest absolute Gasteiger partial charge is 0.115 e. The number of imidazole rings is 1. The summed E-state index contributed by atoms with van der Waals surface area (Å²) in [5.41, 5.74) is 7.12. The molecule has 0 unspecified atom stereocenters. The van der Waals surface area contributed by atoms with E-state index in [1.54, 1.807) is 0 Å². The molecule has 0 aliphatic carbocycles. The molecule has 0 fully saturated rings. The molecule has 1 heterocycles. The fraction of sp³-hybridized carbons (Fsp3) is 0.278. The highest BCUT2D eigenvalue weighted by Crippen LogP contribution is 2.26. The van der Waals surface area contributed by atoms with Crippen LogP contribution in [0.1, 0.15) is 22.5 Å². The molecule has 0 amide bonds. The average molecular weight is 299 g/mol. The molecular formula is C18H19ClN2. The number of halogens is 1. The Morgan fingerprint density at radius 2 is 1.86 bits per heavy atom. The number of benzene rings is 2. The minimum Gasteiger partial charge on any atom is -0.296 e. The van der Waals surface area contributed by atoms with Gasteiger partial charge in [0.1, 0.15) is 5.82 Å². The number of hydrogen-bond donors (Lipinski definition) is 0. The second-order valence-electron chi connectivity index (χ2n) is 5.54. The van der Waals surface area contributed by atoms with E-state index < -0.39 is 0 Å². The van der Waals surface area contributed by atoms with Crippen LogP contribution in [0.2, 0.25) is 0 Å². The van der Waals surface area contributed by atoms with Crippen LogP contribution in [-0.4, -0.2) is 15.4 Å². The van der Waals surface area contributed by atoms with Crippen molar-refractivity contribution in [2.45, 2.75) is 27.2 Å². The van der Waals surface area contributed by atoms with Gasteiger partial charge in [0.25, 0.3) is 0 Å². The third kappa shape index (κ3) is 2.44. The molecule has 2 nitrogen and oxygen atoms in total. The van der Waals surface area contributed by atoms with Gasteiger partial charge in [0, 0.05) is 12.3 Å². The molecule has 0 saturated carbocycles. The van der Waals surface area contributed by atoms with E-state index in [1.165, 1.54) is 22.4 Å². The van der Waals surface area contributed by atoms with Gasteiger partial charge in [-0.3, -0.25) is 4.57 Å². The second kappa shape index (κ2) is 5.53. The van der Waals surface area contributed by atoms with Crippen LogP contribution in [0.3, 0.4) is 0 Å². The molecule has 0 atom stereocenters. The maximum absolute atomic E-state index is 5.98. The summed E-state index contributed by atoms with van der Waals surface area (Å²) in [5, 5.41) is 0. The summed E-state index contributed by atoms with van der Waals surface area (Å²) in [6.45, 7) is 6.36. The lowest BCUT2D eigenvalue weighted by molar-refractivity contribution is 0.906. The minimum absolute atomic E-state index is 0.577. The Morgan fingerprint density at radius 3 is 2.62 bits per heavy atom. The first-order chi connectivity index (χ1) is 10.1. The molecule has 2 aromatic carbocycles. The molecule has 0 bridgehead atoms. The van der Waals surface area contributed by atoms with Crippen molar-refractivity contribution in [3.05, 3.63) is 58.9 Å². The Balaban J connectivity index is 2.36. The molecule has 0 saturated heterocycles. The third-order valence-corrected chi connectivity index (χ3v) is 4.07. The Hall–Kier alpha value is -1.80. The molecule has 0 aliphatic rings. The Bertz CT molecular complexity index is 802. The summed E-state index contributed by atoms with van der Waals surface area (Å²) >= 11 is 5.98. The zero-order chi connectivity index (χ0) is 15.0. The van der Waals surface area contributed by atoms with E-state index in [-0.39, 0.29) is 0 Å². The maximum atomic E-state index is 5.98. The maximum Gasteiger partial charge on any atom is 0.115 e. The van der Waals surface area contributed by atoms with Crippen LogP contribution in [0.25, 0.3) is 16.7 Å². The second-order valence-corrected chi connectivity index (χ2v) is 5.91. The predicted molar refractivity (Wildman–Crippen MR) is 89.7 cm³/mol. The highest BCUT2D eigenvalue weighted by Gasteiger charge is 2.14. The van der Waals surface area contributed by atoms with Gasteiger partial charge in [-0.2, -0.15) is 0 Å². The Morgan fingerprint density at radius 1 is 1.05 bits per heavy atom. The van der Waals surface area contributed by atoms with Crippen LogP contribution in [0, 0.1) is 20.8 Å². The number of nitrogens with zero attached hydrogens (tertiary/aromatic N) is 2. The van der Waals surface area contributed by atoms with E-state index in [0.717, 1.165) is 23.3 Å². The van der Waals surface area contributed by atoms with E-state index >= 15 is 0 Å². The van der Waals surface area contributed by atoms with Crippen molar-refractivity contribution in [3.8, 4) is 5.69 Å². The first-order valence-electron chi connectivity index (χ1n) is 7.22. The van der Waals surface area contributed by atoms with Gasteiger partial charge in [0.15, 0.2) is 0 Å². The van der Waals surface area contributed by atoms with E-state index in [0.29, 0.717) is 5.88 Å². The number of fused-ring (bicyclic) bond motifs is 1. The van der Waals surface area contributed by atoms with Gasteiger partial charge in [-0.05, 0) is 49.6 Å². The summed E-state index contributed by atoms with van der Waals surface area (Å²) in [6.07, 6.45) is 0.767. The van der Waals surface area contributed by atoms with Crippen LogP contribution in [0.4, 0.5) is 0 Å². The molecule has 0 N–H and O–H groups in total. The van der Waals surface area contributed by atoms with Crippen LogP contribution in [0.15, 0.2) is 36.4 Å². The van der Waals surface area contributed by atoms with Gasteiger partial charge in [-0.1, -0.05) is 24.3 Å². The predicted octanol–water partition coefficient (Wildman–Crippen LogP) is 4.73. The van der Waals surface area contributed by atoms with Crippen molar-refractivity contribution < 1.29 is 0 Å². The molecule has 3 rings (SSSR count). The monoisotopic (exact) mass is 298 g/mol. The van der Waals surface area contributed by atoms with Crippen molar-refractivity contribution in [3.63, 3.8) is 0 Å². The average Bonchev–Trinajstić information content (AvgIpc) is 2.82. The van der Waals surface area contributed by atoms with Crippen LogP contribution in [0.5, 0.6) is 0 Å². The number of hydrogen-bond acceptors (Lipinski definition) is 1. The van der Waals surface area contributed by atoms with Crippen LogP contribution in [-0.2, 0) is 6.42 Å². The van der Waals surface area contributed by atoms with Crippen LogP contribution < -0.4 is 0 Å². The molecule has 108 valence electrons. The van der Waals surface area contributed by atoms with E-state index in [9.17, 15) is 0 Å². The zero-order valence-electron chi connectivity index (χ0n) is 12.7. The highest BCUT2D eigenvalue weighted by atomic mass is 35.5. The number of aromatic nitrogens is 2. The quantitative estimate of drug-likeness (QED) is 0.639. The summed E-state index contributed by atoms with van der Waals surface area (Å²) in [4.78, 5) is 4.83. The van der Waals surface area contributed by atoms with Gasteiger partial charge in [-0.15, -0.1) is 11.6 Å². The Kier molecular flexibility index (Phi) is 3.73. The van der Waals surface area contributed by atoms with E-state index in [2.05, 4.69) is 61.7 Å². The van der Waals surface area contributed by atoms with Crippen molar-refractivity contribution in [1.29, 1.82) is 0 Å². The van der Waals surface area contributed by atoms with Gasteiger partial charge >= 0.3 is 0 Å². The summed E-state index contributed by atoms with van der Waals surface area (Å²) in [5.74, 6) is 1.61. The SMILES string of the molecule is Cc1ccc(C)c(-n2c(CCCl)nc3c(C)cccc32)c1. The van der Waals surface area contributed by atoms with E-state index in [4.69, 9.17) is 16.6 Å². The molecule has 1 aromatic heterocycles. The fourth-order valence-electron chi connectivity index (χ4n) is 2.77. The Labute approximate surface area is 130 Å². The van der Waals surface area contributed by atoms with Gasteiger partial charge in [0.05, 0.1) is 16.7 Å². The molecule has 0 spiro atoms. The molecule has 0 radical (unpaired) electrons. The number of para-hydroxylation sites is 1. The fourth-order valence-corrected chi connectivity index (χ4v) is 2.94. The largest absolute Gasteiger partial charge is 0.296 e. The van der Waals surface area contributed by atoms with Crippen molar-refractivity contribution >= 4 is 22.6 Å². The standard InChI is InChI=1S/C18H19ClN2/c1-12-7-8-13(2)16(11-12)21-15-6-4-5-14(3)18(15)20-17(21)9-10-19/h4-8,11H,9-10H2,1-3H3. The first-order valence-corrected chi connectivity index (χ1v) is 7.76. The molecule has 3 aromatic rings. The lowest BCUT2D eigenvalue weighted by Gasteiger charge is -2.12. The number of aryl methyl sites for hydroxylation is 4. The van der Waals surface area contributed by atoms with Crippen molar-refractivity contribution in [1.82, 2.24) is 9.55 Å². The molecular weight excluding hydrogens is 280 g/mol. The first kappa shape index (κ1) is 14.2. The number of alkyl halides is 1. The van der Waals surface area contributed by atoms with E-state index in [1.807, 2.05) is 0 Å². The van der Waals surface area contributed by atoms with Crippen LogP contribution >= 0.6 is 11.6 Å². The summed E-state index contributed by atoms with van der Waals surface area (Å²) in [6, 6.07) is 12.9. The molecule has 0 aliphatic heterocycles.